The van der Waals surface area contributed by atoms with Crippen molar-refractivity contribution in [2.45, 2.75) is 6.92 Å². The fourth-order valence-electron chi connectivity index (χ4n) is 2.15. The average Bonchev–Trinajstić information content (AvgIpc) is 2.92. The molecule has 0 aliphatic rings. The number of benzene rings is 2. The van der Waals surface area contributed by atoms with Crippen molar-refractivity contribution in [1.29, 1.82) is 0 Å². The van der Waals surface area contributed by atoms with Crippen LogP contribution in [0.5, 0.6) is 5.75 Å². The highest BCUT2D eigenvalue weighted by Crippen LogP contribution is 2.24. The molecule has 3 rings (SSSR count). The highest BCUT2D eigenvalue weighted by Gasteiger charge is 2.11. The molecule has 0 radical (unpaired) electrons. The van der Waals surface area contributed by atoms with Crippen molar-refractivity contribution in [2.75, 3.05) is 0 Å². The van der Waals surface area contributed by atoms with Gasteiger partial charge in [0.15, 0.2) is 0 Å². The lowest BCUT2D eigenvalue weighted by atomic mass is 10.1. The molecule has 2 aromatic carbocycles. The molecule has 1 heterocycles. The molecule has 0 aliphatic carbocycles. The Balaban J connectivity index is 1.80. The molecule has 1 aromatic heterocycles. The van der Waals surface area contributed by atoms with Crippen LogP contribution in [0.3, 0.4) is 0 Å². The van der Waals surface area contributed by atoms with E-state index >= 15 is 0 Å². The van der Waals surface area contributed by atoms with E-state index in [-0.39, 0.29) is 11.3 Å². The number of aryl methyl sites for hydroxylation is 1. The molecular formula is C17H14N2O2S. The van der Waals surface area contributed by atoms with Crippen LogP contribution >= 0.6 is 11.3 Å². The number of hydrogen-bond acceptors (Lipinski definition) is 4. The monoisotopic (exact) mass is 310 g/mol. The topological polar surface area (TPSA) is 61.7 Å². The van der Waals surface area contributed by atoms with Crippen molar-refractivity contribution in [3.05, 3.63) is 63.8 Å². The molecule has 0 unspecified atom stereocenters. The highest BCUT2D eigenvalue weighted by molar-refractivity contribution is 7.13. The zero-order valence-electron chi connectivity index (χ0n) is 11.9. The first-order valence-corrected chi connectivity index (χ1v) is 7.57. The number of hydrogen-bond donors (Lipinski definition) is 2. The summed E-state index contributed by atoms with van der Waals surface area (Å²) in [5, 5.41) is 15.7. The summed E-state index contributed by atoms with van der Waals surface area (Å²) in [5.74, 6) is -0.494. The molecule has 110 valence electrons. The van der Waals surface area contributed by atoms with Crippen molar-refractivity contribution >= 4 is 34.2 Å². The minimum atomic E-state index is -0.437. The van der Waals surface area contributed by atoms with Gasteiger partial charge in [0.2, 0.25) is 0 Å². The van der Waals surface area contributed by atoms with Crippen LogP contribution < -0.4 is 5.43 Å². The molecule has 0 spiro atoms. The Kier molecular flexibility index (Phi) is 3.89. The number of thiophene rings is 1. The highest BCUT2D eigenvalue weighted by atomic mass is 32.1. The molecule has 3 aromatic rings. The number of hydrazone groups is 1. The Morgan fingerprint density at radius 1 is 1.18 bits per heavy atom. The molecular weight excluding hydrogens is 296 g/mol. The predicted octanol–water partition coefficient (Wildman–Crippen LogP) is 3.68. The second kappa shape index (κ2) is 5.99. The van der Waals surface area contributed by atoms with Crippen molar-refractivity contribution < 1.29 is 9.90 Å². The van der Waals surface area contributed by atoms with Gasteiger partial charge in [0, 0.05) is 9.75 Å². The molecule has 5 heteroatoms. The van der Waals surface area contributed by atoms with E-state index in [1.54, 1.807) is 29.7 Å². The van der Waals surface area contributed by atoms with E-state index in [2.05, 4.69) is 10.5 Å². The predicted molar refractivity (Wildman–Crippen MR) is 89.7 cm³/mol. The maximum Gasteiger partial charge on any atom is 0.275 e. The first kappa shape index (κ1) is 14.3. The summed E-state index contributed by atoms with van der Waals surface area (Å²) in [4.78, 5) is 14.3. The Labute approximate surface area is 131 Å². The summed E-state index contributed by atoms with van der Waals surface area (Å²) < 4.78 is 0. The van der Waals surface area contributed by atoms with Crippen LogP contribution in [0.2, 0.25) is 0 Å². The number of aromatic hydroxyl groups is 1. The molecule has 0 saturated heterocycles. The molecule has 0 aliphatic heterocycles. The lowest BCUT2D eigenvalue weighted by Crippen LogP contribution is -2.17. The van der Waals surface area contributed by atoms with Gasteiger partial charge in [0.25, 0.3) is 5.91 Å². The van der Waals surface area contributed by atoms with Crippen LogP contribution in [0.25, 0.3) is 10.8 Å². The quantitative estimate of drug-likeness (QED) is 0.572. The third-order valence-electron chi connectivity index (χ3n) is 3.23. The Morgan fingerprint density at radius 2 is 1.91 bits per heavy atom. The summed E-state index contributed by atoms with van der Waals surface area (Å²) in [6.45, 7) is 2.01. The van der Waals surface area contributed by atoms with Crippen LogP contribution in [-0.2, 0) is 0 Å². The summed E-state index contributed by atoms with van der Waals surface area (Å²) in [5.41, 5.74) is 2.65. The number of fused-ring (bicyclic) bond motifs is 1. The molecule has 0 saturated carbocycles. The van der Waals surface area contributed by atoms with Gasteiger partial charge in [-0.15, -0.1) is 11.3 Å². The summed E-state index contributed by atoms with van der Waals surface area (Å²) in [6.07, 6.45) is 1.59. The molecule has 4 nitrogen and oxygen atoms in total. The van der Waals surface area contributed by atoms with Crippen LogP contribution in [0, 0.1) is 6.92 Å². The maximum absolute atomic E-state index is 12.1. The van der Waals surface area contributed by atoms with E-state index in [4.69, 9.17) is 0 Å². The maximum atomic E-state index is 12.1. The van der Waals surface area contributed by atoms with Gasteiger partial charge in [-0.1, -0.05) is 24.3 Å². The molecule has 22 heavy (non-hydrogen) atoms. The van der Waals surface area contributed by atoms with Crippen LogP contribution in [0.4, 0.5) is 0 Å². The number of carbonyl (C=O) groups is 1. The smallest absolute Gasteiger partial charge is 0.275 e. The van der Waals surface area contributed by atoms with Gasteiger partial charge >= 0.3 is 0 Å². The third kappa shape index (κ3) is 2.99. The Hall–Kier alpha value is -2.66. The lowest BCUT2D eigenvalue weighted by Gasteiger charge is -2.05. The fourth-order valence-corrected chi connectivity index (χ4v) is 2.90. The third-order valence-corrected chi connectivity index (χ3v) is 4.16. The van der Waals surface area contributed by atoms with Crippen molar-refractivity contribution in [2.24, 2.45) is 5.10 Å². The van der Waals surface area contributed by atoms with Crippen molar-refractivity contribution in [3.63, 3.8) is 0 Å². The van der Waals surface area contributed by atoms with E-state index in [0.717, 1.165) is 15.6 Å². The van der Waals surface area contributed by atoms with Gasteiger partial charge in [-0.05, 0) is 42.0 Å². The first-order valence-electron chi connectivity index (χ1n) is 6.75. The standard InChI is InChI=1S/C17H14N2O2S/c1-11-6-7-14(22-11)10-18-19-17(21)15-8-12-4-2-3-5-13(12)9-16(15)20/h2-10,20H,1H3,(H,19,21). The zero-order chi connectivity index (χ0) is 15.5. The van der Waals surface area contributed by atoms with E-state index in [0.29, 0.717) is 0 Å². The second-order valence-corrected chi connectivity index (χ2v) is 6.18. The summed E-state index contributed by atoms with van der Waals surface area (Å²) >= 11 is 1.59. The minimum Gasteiger partial charge on any atom is -0.507 e. The number of nitrogens with one attached hydrogen (secondary N) is 1. The number of carbonyl (C=O) groups excluding carboxylic acids is 1. The largest absolute Gasteiger partial charge is 0.507 e. The van der Waals surface area contributed by atoms with E-state index < -0.39 is 5.91 Å². The number of nitrogens with zero attached hydrogens (tertiary/aromatic N) is 1. The van der Waals surface area contributed by atoms with Gasteiger partial charge in [0.05, 0.1) is 11.8 Å². The first-order chi connectivity index (χ1) is 10.6. The van der Waals surface area contributed by atoms with Crippen molar-refractivity contribution in [1.82, 2.24) is 5.43 Å². The number of phenolic OH excluding ortho intramolecular Hbond substituents is 1. The lowest BCUT2D eigenvalue weighted by molar-refractivity contribution is 0.0952. The Morgan fingerprint density at radius 3 is 2.59 bits per heavy atom. The summed E-state index contributed by atoms with van der Waals surface area (Å²) in [7, 11) is 0. The van der Waals surface area contributed by atoms with Crippen molar-refractivity contribution in [3.8, 4) is 5.75 Å². The fraction of sp³-hybridized carbons (Fsp3) is 0.0588. The van der Waals surface area contributed by atoms with E-state index in [1.807, 2.05) is 43.3 Å². The number of amides is 1. The van der Waals surface area contributed by atoms with Crippen LogP contribution in [0.1, 0.15) is 20.1 Å². The van der Waals surface area contributed by atoms with Gasteiger partial charge in [-0.25, -0.2) is 5.43 Å². The van der Waals surface area contributed by atoms with Gasteiger partial charge in [0.1, 0.15) is 5.75 Å². The molecule has 1 amide bonds. The zero-order valence-corrected chi connectivity index (χ0v) is 12.7. The normalized spacial score (nSPS) is 11.1. The van der Waals surface area contributed by atoms with Gasteiger partial charge in [-0.3, -0.25) is 4.79 Å². The molecule has 0 fully saturated rings. The van der Waals surface area contributed by atoms with E-state index in [9.17, 15) is 9.90 Å². The van der Waals surface area contributed by atoms with Crippen LogP contribution in [0.15, 0.2) is 53.6 Å². The van der Waals surface area contributed by atoms with E-state index in [1.165, 1.54) is 4.88 Å². The Bertz CT molecular complexity index is 868. The van der Waals surface area contributed by atoms with Gasteiger partial charge < -0.3 is 5.11 Å². The number of phenols is 1. The minimum absolute atomic E-state index is 0.0571. The molecule has 0 bridgehead atoms. The number of rotatable bonds is 3. The van der Waals surface area contributed by atoms with Gasteiger partial charge in [-0.2, -0.15) is 5.10 Å². The molecule has 0 atom stereocenters. The average molecular weight is 310 g/mol. The summed E-state index contributed by atoms with van der Waals surface area (Å²) in [6, 6.07) is 14.7. The SMILES string of the molecule is Cc1ccc(C=NNC(=O)c2cc3ccccc3cc2O)s1. The second-order valence-electron chi connectivity index (χ2n) is 4.86. The van der Waals surface area contributed by atoms with Crippen LogP contribution in [-0.4, -0.2) is 17.2 Å². The molecule has 2 N–H and O–H groups in total.